The van der Waals surface area contributed by atoms with E-state index in [1.807, 2.05) is 13.8 Å². The van der Waals surface area contributed by atoms with E-state index in [1.165, 1.54) is 0 Å². The molecule has 0 atom stereocenters. The average molecular weight is 157 g/mol. The molecule has 2 N–H and O–H groups in total. The minimum absolute atomic E-state index is 0.0488. The third kappa shape index (κ3) is 2.19. The Kier molecular flexibility index (Phi) is 2.49. The summed E-state index contributed by atoms with van der Waals surface area (Å²) in [5.41, 5.74) is 0. The van der Waals surface area contributed by atoms with E-state index >= 15 is 0 Å². The molecule has 0 radical (unpaired) electrons. The summed E-state index contributed by atoms with van der Waals surface area (Å²) in [4.78, 5) is 11.1. The highest BCUT2D eigenvalue weighted by Crippen LogP contribution is 2.19. The second-order valence-electron chi connectivity index (χ2n) is 3.49. The van der Waals surface area contributed by atoms with Crippen LogP contribution >= 0.6 is 0 Å². The van der Waals surface area contributed by atoms with Crippen molar-refractivity contribution in [3.05, 3.63) is 0 Å². The van der Waals surface area contributed by atoms with Crippen molar-refractivity contribution in [2.24, 2.45) is 5.92 Å². The van der Waals surface area contributed by atoms with Crippen molar-refractivity contribution in [2.45, 2.75) is 38.8 Å². The van der Waals surface area contributed by atoms with Gasteiger partial charge in [-0.05, 0) is 12.8 Å². The molecule has 1 amide bonds. The number of rotatable bonds is 2. The third-order valence-electron chi connectivity index (χ3n) is 1.98. The normalized spacial score (nSPS) is 29.8. The molecule has 64 valence electrons. The lowest BCUT2D eigenvalue weighted by Crippen LogP contribution is -2.47. The number of aliphatic hydroxyl groups is 1. The van der Waals surface area contributed by atoms with E-state index in [2.05, 4.69) is 5.32 Å². The van der Waals surface area contributed by atoms with Gasteiger partial charge in [-0.2, -0.15) is 0 Å². The van der Waals surface area contributed by atoms with Crippen LogP contribution in [0.5, 0.6) is 0 Å². The maximum Gasteiger partial charge on any atom is 0.222 e. The Hall–Kier alpha value is -0.570. The number of carbonyl (C=O) groups excluding carboxylic acids is 1. The highest BCUT2D eigenvalue weighted by molar-refractivity contribution is 5.78. The molecule has 3 heteroatoms. The van der Waals surface area contributed by atoms with Gasteiger partial charge in [0.2, 0.25) is 5.91 Å². The molecule has 1 fully saturated rings. The van der Waals surface area contributed by atoms with E-state index in [-0.39, 0.29) is 24.0 Å². The number of amides is 1. The first-order valence-corrected chi connectivity index (χ1v) is 4.08. The first kappa shape index (κ1) is 8.53. The van der Waals surface area contributed by atoms with E-state index < -0.39 is 0 Å². The summed E-state index contributed by atoms with van der Waals surface area (Å²) in [6.45, 7) is 3.73. The molecule has 0 aromatic rings. The summed E-state index contributed by atoms with van der Waals surface area (Å²) in [7, 11) is 0. The van der Waals surface area contributed by atoms with Crippen molar-refractivity contribution < 1.29 is 9.90 Å². The first-order chi connectivity index (χ1) is 5.09. The second kappa shape index (κ2) is 3.22. The zero-order valence-electron chi connectivity index (χ0n) is 7.00. The van der Waals surface area contributed by atoms with Crippen LogP contribution in [0.2, 0.25) is 0 Å². The highest BCUT2D eigenvalue weighted by atomic mass is 16.3. The Morgan fingerprint density at radius 1 is 1.55 bits per heavy atom. The number of hydrogen-bond donors (Lipinski definition) is 2. The van der Waals surface area contributed by atoms with Gasteiger partial charge in [-0.25, -0.2) is 0 Å². The SMILES string of the molecule is CC(C)C(=O)N[C@H]1C[C@@H](O)C1. The number of carbonyl (C=O) groups is 1. The molecule has 11 heavy (non-hydrogen) atoms. The summed E-state index contributed by atoms with van der Waals surface area (Å²) >= 11 is 0. The predicted octanol–water partition coefficient (Wildman–Crippen LogP) is 0.282. The van der Waals surface area contributed by atoms with Gasteiger partial charge in [-0.15, -0.1) is 0 Å². The fourth-order valence-electron chi connectivity index (χ4n) is 1.07. The molecule has 0 heterocycles. The third-order valence-corrected chi connectivity index (χ3v) is 1.98. The molecule has 1 rings (SSSR count). The molecule has 0 aromatic heterocycles. The van der Waals surface area contributed by atoms with E-state index in [1.54, 1.807) is 0 Å². The van der Waals surface area contributed by atoms with Crippen LogP contribution in [0.4, 0.5) is 0 Å². The van der Waals surface area contributed by atoms with Crippen molar-refractivity contribution in [1.29, 1.82) is 0 Å². The van der Waals surface area contributed by atoms with Crippen molar-refractivity contribution in [2.75, 3.05) is 0 Å². The minimum Gasteiger partial charge on any atom is -0.393 e. The van der Waals surface area contributed by atoms with Crippen molar-refractivity contribution in [3.8, 4) is 0 Å². The van der Waals surface area contributed by atoms with Gasteiger partial charge in [0, 0.05) is 12.0 Å². The maximum absolute atomic E-state index is 11.1. The molecule has 0 spiro atoms. The van der Waals surface area contributed by atoms with Gasteiger partial charge in [0.1, 0.15) is 0 Å². The molecule has 0 aliphatic heterocycles. The predicted molar refractivity (Wildman–Crippen MR) is 42.0 cm³/mol. The van der Waals surface area contributed by atoms with Crippen LogP contribution in [0.1, 0.15) is 26.7 Å². The smallest absolute Gasteiger partial charge is 0.222 e. The van der Waals surface area contributed by atoms with Crippen LogP contribution in [0, 0.1) is 5.92 Å². The van der Waals surface area contributed by atoms with Crippen LogP contribution in [0.25, 0.3) is 0 Å². The zero-order chi connectivity index (χ0) is 8.43. The van der Waals surface area contributed by atoms with Gasteiger partial charge < -0.3 is 10.4 Å². The number of nitrogens with one attached hydrogen (secondary N) is 1. The van der Waals surface area contributed by atoms with Crippen molar-refractivity contribution in [1.82, 2.24) is 5.32 Å². The fourth-order valence-corrected chi connectivity index (χ4v) is 1.07. The lowest BCUT2D eigenvalue weighted by Gasteiger charge is -2.32. The van der Waals surface area contributed by atoms with Gasteiger partial charge in [0.25, 0.3) is 0 Å². The number of aliphatic hydroxyl groups excluding tert-OH is 1. The van der Waals surface area contributed by atoms with Gasteiger partial charge in [-0.1, -0.05) is 13.8 Å². The summed E-state index contributed by atoms with van der Waals surface area (Å²) < 4.78 is 0. The standard InChI is InChI=1S/C8H15NO2/c1-5(2)8(11)9-6-3-7(10)4-6/h5-7,10H,3-4H2,1-2H3,(H,9,11)/t6-,7+. The monoisotopic (exact) mass is 157 g/mol. The molecular formula is C8H15NO2. The van der Waals surface area contributed by atoms with E-state index in [0.29, 0.717) is 0 Å². The Morgan fingerprint density at radius 3 is 2.45 bits per heavy atom. The van der Waals surface area contributed by atoms with Crippen LogP contribution in [0.3, 0.4) is 0 Å². The maximum atomic E-state index is 11.1. The quantitative estimate of drug-likeness (QED) is 0.605. The highest BCUT2D eigenvalue weighted by Gasteiger charge is 2.28. The Bertz CT molecular complexity index is 150. The van der Waals surface area contributed by atoms with E-state index in [0.717, 1.165) is 12.8 Å². The van der Waals surface area contributed by atoms with E-state index in [4.69, 9.17) is 5.11 Å². The van der Waals surface area contributed by atoms with Crippen molar-refractivity contribution >= 4 is 5.91 Å². The summed E-state index contributed by atoms with van der Waals surface area (Å²) in [5, 5.41) is 11.8. The topological polar surface area (TPSA) is 49.3 Å². The van der Waals surface area contributed by atoms with Gasteiger partial charge in [0.05, 0.1) is 6.10 Å². The lowest BCUT2D eigenvalue weighted by atomic mass is 9.89. The molecule has 1 aliphatic rings. The molecule has 0 aromatic carbocycles. The van der Waals surface area contributed by atoms with Gasteiger partial charge in [-0.3, -0.25) is 4.79 Å². The van der Waals surface area contributed by atoms with E-state index in [9.17, 15) is 4.79 Å². The van der Waals surface area contributed by atoms with Crippen LogP contribution in [0.15, 0.2) is 0 Å². The average Bonchev–Trinajstić information content (AvgIpc) is 1.84. The fraction of sp³-hybridized carbons (Fsp3) is 0.875. The molecule has 0 unspecified atom stereocenters. The van der Waals surface area contributed by atoms with Crippen LogP contribution < -0.4 is 5.32 Å². The molecule has 0 bridgehead atoms. The van der Waals surface area contributed by atoms with Crippen LogP contribution in [-0.2, 0) is 4.79 Å². The first-order valence-electron chi connectivity index (χ1n) is 4.08. The van der Waals surface area contributed by atoms with Gasteiger partial charge >= 0.3 is 0 Å². The summed E-state index contributed by atoms with van der Waals surface area (Å²) in [6.07, 6.45) is 1.25. The summed E-state index contributed by atoms with van der Waals surface area (Å²) in [5.74, 6) is 0.134. The zero-order valence-corrected chi connectivity index (χ0v) is 7.00. The molecule has 1 saturated carbocycles. The lowest BCUT2D eigenvalue weighted by molar-refractivity contribution is -0.126. The Labute approximate surface area is 66.8 Å². The van der Waals surface area contributed by atoms with Crippen molar-refractivity contribution in [3.63, 3.8) is 0 Å². The summed E-state index contributed by atoms with van der Waals surface area (Å²) in [6, 6.07) is 0.222. The molecule has 0 saturated heterocycles. The largest absolute Gasteiger partial charge is 0.393 e. The molecule has 3 nitrogen and oxygen atoms in total. The van der Waals surface area contributed by atoms with Gasteiger partial charge in [0.15, 0.2) is 0 Å². The Balaban J connectivity index is 2.17. The number of hydrogen-bond acceptors (Lipinski definition) is 2. The minimum atomic E-state index is -0.188. The van der Waals surface area contributed by atoms with Crippen LogP contribution in [-0.4, -0.2) is 23.2 Å². The molecule has 1 aliphatic carbocycles. The Morgan fingerprint density at radius 2 is 2.09 bits per heavy atom. The molecular weight excluding hydrogens is 142 g/mol. The second-order valence-corrected chi connectivity index (χ2v) is 3.49.